The van der Waals surface area contributed by atoms with Crippen molar-refractivity contribution < 1.29 is 19.5 Å². The molecule has 0 fully saturated rings. The minimum atomic E-state index is -0.200. The van der Waals surface area contributed by atoms with E-state index in [-0.39, 0.29) is 17.3 Å². The first-order chi connectivity index (χ1) is 10.6. The van der Waals surface area contributed by atoms with E-state index >= 15 is 0 Å². The van der Waals surface area contributed by atoms with Crippen molar-refractivity contribution in [1.82, 2.24) is 4.98 Å². The number of pyridine rings is 1. The van der Waals surface area contributed by atoms with Crippen LogP contribution in [0.15, 0.2) is 42.4 Å². The van der Waals surface area contributed by atoms with Gasteiger partial charge >= 0.3 is 0 Å². The molecule has 1 N–H and O–H groups in total. The Labute approximate surface area is 128 Å². The predicted octanol–water partition coefficient (Wildman–Crippen LogP) is 0.416. The summed E-state index contributed by atoms with van der Waals surface area (Å²) in [6, 6.07) is 6.60. The number of quaternary nitrogens is 1. The fourth-order valence-electron chi connectivity index (χ4n) is 2.42. The Morgan fingerprint density at radius 2 is 2.14 bits per heavy atom. The van der Waals surface area contributed by atoms with Crippen LogP contribution < -0.4 is 14.7 Å². The van der Waals surface area contributed by atoms with Gasteiger partial charge in [0.2, 0.25) is 5.78 Å². The summed E-state index contributed by atoms with van der Waals surface area (Å²) in [6.45, 7) is 0.509. The average Bonchev–Trinajstić information content (AvgIpc) is 2.80. The van der Waals surface area contributed by atoms with Crippen LogP contribution >= 0.6 is 0 Å². The number of ether oxygens (including phenoxy) is 1. The predicted molar refractivity (Wildman–Crippen MR) is 79.6 cm³/mol. The third-order valence-electron chi connectivity index (χ3n) is 3.41. The van der Waals surface area contributed by atoms with Crippen molar-refractivity contribution >= 4 is 11.9 Å². The Bertz CT molecular complexity index is 752. The Morgan fingerprint density at radius 1 is 1.32 bits per heavy atom. The summed E-state index contributed by atoms with van der Waals surface area (Å²) >= 11 is 0. The van der Waals surface area contributed by atoms with Crippen molar-refractivity contribution in [2.24, 2.45) is 0 Å². The number of allylic oxidation sites excluding steroid dienone is 1. The monoisotopic (exact) mass is 296 g/mol. The van der Waals surface area contributed by atoms with E-state index in [2.05, 4.69) is 4.98 Å². The summed E-state index contributed by atoms with van der Waals surface area (Å²) in [5, 5.41) is 12.1. The number of nitrogens with zero attached hydrogens (tertiary/aromatic N) is 1. The van der Waals surface area contributed by atoms with Crippen molar-refractivity contribution in [1.29, 1.82) is 0 Å². The van der Waals surface area contributed by atoms with Gasteiger partial charge in [0.05, 0.1) is 19.7 Å². The maximum absolute atomic E-state index is 12.4. The van der Waals surface area contributed by atoms with Crippen LogP contribution in [0.5, 0.6) is 11.5 Å². The molecular weight excluding hydrogens is 280 g/mol. The van der Waals surface area contributed by atoms with Crippen LogP contribution in [0.4, 0.5) is 0 Å². The molecular formula is C17H16N2O3. The number of hydrogen-bond acceptors (Lipinski definition) is 4. The molecule has 0 radical (unpaired) electrons. The number of carbonyl (C=O) groups is 1. The Kier molecular flexibility index (Phi) is 3.65. The molecule has 112 valence electrons. The first-order valence-corrected chi connectivity index (χ1v) is 7.02. The van der Waals surface area contributed by atoms with Crippen LogP contribution in [0, 0.1) is 0 Å². The molecule has 2 heterocycles. The summed E-state index contributed by atoms with van der Waals surface area (Å²) in [5.41, 5.74) is 1.77. The quantitative estimate of drug-likeness (QED) is 0.834. The van der Waals surface area contributed by atoms with Gasteiger partial charge in [0.25, 0.3) is 0 Å². The van der Waals surface area contributed by atoms with Crippen LogP contribution in [0.1, 0.15) is 21.5 Å². The number of Topliss-reactive ketones (excluding diaryl/α,β-unsaturated/α-hetero) is 1. The van der Waals surface area contributed by atoms with E-state index in [1.165, 1.54) is 6.07 Å². The lowest BCUT2D eigenvalue weighted by Crippen LogP contribution is -3.04. The molecule has 0 saturated carbocycles. The second-order valence-corrected chi connectivity index (χ2v) is 5.53. The van der Waals surface area contributed by atoms with E-state index < -0.39 is 0 Å². The third kappa shape index (κ3) is 2.58. The van der Waals surface area contributed by atoms with Crippen molar-refractivity contribution in [2.75, 3.05) is 14.1 Å². The molecule has 22 heavy (non-hydrogen) atoms. The Hall–Kier alpha value is -2.66. The molecule has 1 aliphatic rings. The van der Waals surface area contributed by atoms with Gasteiger partial charge < -0.3 is 14.7 Å². The molecule has 0 amide bonds. The fourth-order valence-corrected chi connectivity index (χ4v) is 2.42. The van der Waals surface area contributed by atoms with Gasteiger partial charge in [-0.05, 0) is 23.8 Å². The van der Waals surface area contributed by atoms with Gasteiger partial charge in [0, 0.05) is 18.0 Å². The topological polar surface area (TPSA) is 66.7 Å². The lowest BCUT2D eigenvalue weighted by Gasteiger charge is -2.17. The number of fused-ring (bicyclic) bond motifs is 1. The summed E-state index contributed by atoms with van der Waals surface area (Å²) in [5.74, 6) is 0.321. The normalized spacial score (nSPS) is 15.2. The largest absolute Gasteiger partial charge is 0.872 e. The standard InChI is InChI=1S/C17H16N2O3/c1-19(2)10-13-14(20)6-5-12-16(21)15(22-17(12)13)8-11-4-3-7-18-9-11/h3-9,20H,10H2,1-2H3. The van der Waals surface area contributed by atoms with Crippen molar-refractivity contribution in [3.8, 4) is 11.5 Å². The SMILES string of the molecule is C[NH+](C)Cc1c([O-])ccc2c1OC(=Cc1cccnc1)C2=O. The minimum Gasteiger partial charge on any atom is -0.872 e. The molecule has 5 nitrogen and oxygen atoms in total. The van der Waals surface area contributed by atoms with Gasteiger partial charge in [-0.3, -0.25) is 9.78 Å². The van der Waals surface area contributed by atoms with Gasteiger partial charge in [-0.2, -0.15) is 0 Å². The number of hydrogen-bond donors (Lipinski definition) is 1. The maximum atomic E-state index is 12.4. The first-order valence-electron chi connectivity index (χ1n) is 7.02. The lowest BCUT2D eigenvalue weighted by molar-refractivity contribution is -0.872. The van der Waals surface area contributed by atoms with E-state index in [0.717, 1.165) is 10.5 Å². The second-order valence-electron chi connectivity index (χ2n) is 5.53. The van der Waals surface area contributed by atoms with Crippen LogP contribution in [-0.4, -0.2) is 24.9 Å². The van der Waals surface area contributed by atoms with E-state index in [0.29, 0.717) is 23.4 Å². The van der Waals surface area contributed by atoms with Crippen molar-refractivity contribution in [3.05, 3.63) is 59.1 Å². The molecule has 0 spiro atoms. The highest BCUT2D eigenvalue weighted by Gasteiger charge is 2.30. The number of ketones is 1. The molecule has 1 aromatic heterocycles. The smallest absolute Gasteiger partial charge is 0.231 e. The van der Waals surface area contributed by atoms with Crippen LogP contribution in [-0.2, 0) is 6.54 Å². The van der Waals surface area contributed by atoms with E-state index in [1.54, 1.807) is 30.6 Å². The highest BCUT2D eigenvalue weighted by atomic mass is 16.5. The van der Waals surface area contributed by atoms with Crippen LogP contribution in [0.3, 0.4) is 0 Å². The summed E-state index contributed by atoms with van der Waals surface area (Å²) in [7, 11) is 3.89. The van der Waals surface area contributed by atoms with Gasteiger partial charge in [-0.15, -0.1) is 0 Å². The van der Waals surface area contributed by atoms with Crippen LogP contribution in [0.25, 0.3) is 6.08 Å². The molecule has 0 bridgehead atoms. The van der Waals surface area contributed by atoms with Gasteiger partial charge in [-0.1, -0.05) is 17.9 Å². The second kappa shape index (κ2) is 5.61. The van der Waals surface area contributed by atoms with Gasteiger partial charge in [0.1, 0.15) is 12.3 Å². The van der Waals surface area contributed by atoms with E-state index in [4.69, 9.17) is 4.74 Å². The minimum absolute atomic E-state index is 0.102. The van der Waals surface area contributed by atoms with E-state index in [1.807, 2.05) is 20.2 Å². The molecule has 3 rings (SSSR count). The third-order valence-corrected chi connectivity index (χ3v) is 3.41. The molecule has 1 aromatic carbocycles. The zero-order valence-electron chi connectivity index (χ0n) is 12.4. The molecule has 0 atom stereocenters. The van der Waals surface area contributed by atoms with Crippen molar-refractivity contribution in [2.45, 2.75) is 6.54 Å². The number of aromatic nitrogens is 1. The summed E-state index contributed by atoms with van der Waals surface area (Å²) in [4.78, 5) is 17.5. The molecule has 2 aromatic rings. The maximum Gasteiger partial charge on any atom is 0.231 e. The number of carbonyl (C=O) groups excluding carboxylic acids is 1. The number of rotatable bonds is 3. The van der Waals surface area contributed by atoms with E-state index in [9.17, 15) is 9.90 Å². The Morgan fingerprint density at radius 3 is 2.82 bits per heavy atom. The summed E-state index contributed by atoms with van der Waals surface area (Å²) in [6.07, 6.45) is 4.96. The van der Waals surface area contributed by atoms with Crippen molar-refractivity contribution in [3.63, 3.8) is 0 Å². The Balaban J connectivity index is 2.02. The molecule has 0 aliphatic carbocycles. The summed E-state index contributed by atoms with van der Waals surface area (Å²) < 4.78 is 5.71. The zero-order chi connectivity index (χ0) is 15.7. The molecule has 1 aliphatic heterocycles. The fraction of sp³-hybridized carbons (Fsp3) is 0.176. The molecule has 5 heteroatoms. The average molecular weight is 296 g/mol. The zero-order valence-corrected chi connectivity index (χ0v) is 12.4. The highest BCUT2D eigenvalue weighted by Crippen LogP contribution is 2.38. The molecule has 0 saturated heterocycles. The lowest BCUT2D eigenvalue weighted by atomic mass is 10.0. The number of nitrogens with one attached hydrogen (secondary N) is 1. The number of benzene rings is 1. The first kappa shape index (κ1) is 14.3. The van der Waals surface area contributed by atoms with Gasteiger partial charge in [-0.25, -0.2) is 0 Å². The van der Waals surface area contributed by atoms with Crippen LogP contribution in [0.2, 0.25) is 0 Å². The highest BCUT2D eigenvalue weighted by molar-refractivity contribution is 6.14. The molecule has 0 unspecified atom stereocenters. The van der Waals surface area contributed by atoms with Gasteiger partial charge in [0.15, 0.2) is 5.76 Å².